The number of nitrogens with zero attached hydrogens (tertiary/aromatic N) is 1. The lowest BCUT2D eigenvalue weighted by molar-refractivity contribution is 0.156. The van der Waals surface area contributed by atoms with E-state index >= 15 is 0 Å². The number of aromatic hydroxyl groups is 1. The van der Waals surface area contributed by atoms with E-state index in [1.165, 1.54) is 6.07 Å². The molecule has 0 amide bonds. The maximum Gasteiger partial charge on any atom is 0.131 e. The number of hydrogen-bond donors (Lipinski definition) is 2. The van der Waals surface area contributed by atoms with Gasteiger partial charge < -0.3 is 10.4 Å². The monoisotopic (exact) mass is 280 g/mol. The van der Waals surface area contributed by atoms with Crippen molar-refractivity contribution in [2.45, 2.75) is 32.7 Å². The molecule has 0 aliphatic carbocycles. The standard InChI is InChI=1S/C16H25FN2O/c1-12(2)3-6-16(19-9-7-18-8-10-19)14-5-4-13(20)11-15(14)17/h4-5,11-12,16,18,20H,3,6-10H2,1-2H3/t16-/m1/s1. The smallest absolute Gasteiger partial charge is 0.131 e. The van der Waals surface area contributed by atoms with Crippen LogP contribution in [0.5, 0.6) is 5.75 Å². The van der Waals surface area contributed by atoms with Crippen molar-refractivity contribution in [2.75, 3.05) is 26.2 Å². The van der Waals surface area contributed by atoms with Gasteiger partial charge in [-0.2, -0.15) is 0 Å². The Labute approximate surface area is 120 Å². The molecule has 0 spiro atoms. The fourth-order valence-electron chi connectivity index (χ4n) is 2.81. The molecule has 112 valence electrons. The second kappa shape index (κ2) is 7.04. The topological polar surface area (TPSA) is 35.5 Å². The summed E-state index contributed by atoms with van der Waals surface area (Å²) >= 11 is 0. The number of rotatable bonds is 5. The van der Waals surface area contributed by atoms with Gasteiger partial charge in [-0.05, 0) is 24.8 Å². The maximum absolute atomic E-state index is 14.2. The van der Waals surface area contributed by atoms with Crippen LogP contribution in [0.25, 0.3) is 0 Å². The Bertz CT molecular complexity index is 430. The van der Waals surface area contributed by atoms with Crippen LogP contribution in [0.2, 0.25) is 0 Å². The molecule has 0 bridgehead atoms. The van der Waals surface area contributed by atoms with Gasteiger partial charge in [0.15, 0.2) is 0 Å². The average Bonchev–Trinajstić information content (AvgIpc) is 2.42. The van der Waals surface area contributed by atoms with Crippen LogP contribution < -0.4 is 5.32 Å². The van der Waals surface area contributed by atoms with Gasteiger partial charge >= 0.3 is 0 Å². The number of phenolic OH excluding ortho intramolecular Hbond substituents is 1. The third-order valence-electron chi connectivity index (χ3n) is 3.95. The molecule has 0 saturated carbocycles. The van der Waals surface area contributed by atoms with Gasteiger partial charge in [0.25, 0.3) is 0 Å². The summed E-state index contributed by atoms with van der Waals surface area (Å²) in [5.41, 5.74) is 0.713. The number of phenols is 1. The van der Waals surface area contributed by atoms with Crippen molar-refractivity contribution in [3.8, 4) is 5.75 Å². The first-order valence-electron chi connectivity index (χ1n) is 7.51. The SMILES string of the molecule is CC(C)CC[C@H](c1ccc(O)cc1F)N1CCNCC1. The molecule has 1 heterocycles. The molecule has 2 rings (SSSR count). The Morgan fingerprint density at radius 1 is 1.25 bits per heavy atom. The molecule has 3 nitrogen and oxygen atoms in total. The minimum absolute atomic E-state index is 0.00540. The van der Waals surface area contributed by atoms with Crippen LogP contribution in [0.4, 0.5) is 4.39 Å². The molecule has 1 aromatic carbocycles. The molecule has 20 heavy (non-hydrogen) atoms. The number of piperazine rings is 1. The Kier molecular flexibility index (Phi) is 5.38. The van der Waals surface area contributed by atoms with Crippen LogP contribution in [-0.2, 0) is 0 Å². The number of hydrogen-bond acceptors (Lipinski definition) is 3. The molecule has 0 unspecified atom stereocenters. The highest BCUT2D eigenvalue weighted by Crippen LogP contribution is 2.31. The van der Waals surface area contributed by atoms with E-state index in [0.717, 1.165) is 39.0 Å². The van der Waals surface area contributed by atoms with Gasteiger partial charge in [-0.1, -0.05) is 19.9 Å². The minimum atomic E-state index is -0.294. The number of halogens is 1. The Balaban J connectivity index is 2.19. The zero-order chi connectivity index (χ0) is 14.5. The fraction of sp³-hybridized carbons (Fsp3) is 0.625. The van der Waals surface area contributed by atoms with Gasteiger partial charge in [0.05, 0.1) is 0 Å². The number of nitrogens with one attached hydrogen (secondary N) is 1. The first kappa shape index (κ1) is 15.3. The van der Waals surface area contributed by atoms with E-state index in [1.807, 2.05) is 0 Å². The first-order chi connectivity index (χ1) is 9.58. The van der Waals surface area contributed by atoms with E-state index < -0.39 is 0 Å². The summed E-state index contributed by atoms with van der Waals surface area (Å²) in [5, 5.41) is 12.7. The van der Waals surface area contributed by atoms with E-state index in [-0.39, 0.29) is 17.6 Å². The van der Waals surface area contributed by atoms with Crippen LogP contribution in [0, 0.1) is 11.7 Å². The summed E-state index contributed by atoms with van der Waals surface area (Å²) in [6.07, 6.45) is 2.04. The van der Waals surface area contributed by atoms with E-state index in [0.29, 0.717) is 11.5 Å². The van der Waals surface area contributed by atoms with E-state index in [9.17, 15) is 9.50 Å². The van der Waals surface area contributed by atoms with Gasteiger partial charge in [0.1, 0.15) is 11.6 Å². The summed E-state index contributed by atoms with van der Waals surface area (Å²) in [6.45, 7) is 8.20. The largest absolute Gasteiger partial charge is 0.508 e. The van der Waals surface area contributed by atoms with E-state index in [4.69, 9.17) is 0 Å². The van der Waals surface area contributed by atoms with Crippen LogP contribution >= 0.6 is 0 Å². The highest BCUT2D eigenvalue weighted by atomic mass is 19.1. The zero-order valence-corrected chi connectivity index (χ0v) is 12.4. The van der Waals surface area contributed by atoms with Crippen LogP contribution in [0.1, 0.15) is 38.3 Å². The predicted octanol–water partition coefficient (Wildman–Crippen LogP) is 2.91. The summed E-state index contributed by atoms with van der Waals surface area (Å²) in [7, 11) is 0. The van der Waals surface area contributed by atoms with E-state index in [1.54, 1.807) is 12.1 Å². The lowest BCUT2D eigenvalue weighted by Gasteiger charge is -2.35. The second-order valence-corrected chi connectivity index (χ2v) is 5.98. The zero-order valence-electron chi connectivity index (χ0n) is 12.4. The van der Waals surface area contributed by atoms with Crippen molar-refractivity contribution in [3.05, 3.63) is 29.6 Å². The van der Waals surface area contributed by atoms with Gasteiger partial charge in [-0.3, -0.25) is 4.90 Å². The summed E-state index contributed by atoms with van der Waals surface area (Å²) in [6, 6.07) is 4.65. The maximum atomic E-state index is 14.2. The van der Waals surface area contributed by atoms with Crippen molar-refractivity contribution in [2.24, 2.45) is 5.92 Å². The van der Waals surface area contributed by atoms with Crippen LogP contribution in [0.15, 0.2) is 18.2 Å². The van der Waals surface area contributed by atoms with Crippen LogP contribution in [0.3, 0.4) is 0 Å². The molecule has 1 atom stereocenters. The first-order valence-corrected chi connectivity index (χ1v) is 7.51. The third-order valence-corrected chi connectivity index (χ3v) is 3.95. The van der Waals surface area contributed by atoms with Crippen molar-refractivity contribution in [1.82, 2.24) is 10.2 Å². The number of benzene rings is 1. The lowest BCUT2D eigenvalue weighted by atomic mass is 9.95. The predicted molar refractivity (Wildman–Crippen MR) is 79.3 cm³/mol. The highest BCUT2D eigenvalue weighted by molar-refractivity contribution is 5.30. The summed E-state index contributed by atoms with van der Waals surface area (Å²) in [5.74, 6) is 0.312. The molecule has 1 fully saturated rings. The quantitative estimate of drug-likeness (QED) is 0.870. The van der Waals surface area contributed by atoms with Gasteiger partial charge in [0, 0.05) is 43.9 Å². The highest BCUT2D eigenvalue weighted by Gasteiger charge is 2.24. The van der Waals surface area contributed by atoms with Crippen molar-refractivity contribution in [1.29, 1.82) is 0 Å². The van der Waals surface area contributed by atoms with Gasteiger partial charge in [0.2, 0.25) is 0 Å². The Morgan fingerprint density at radius 3 is 2.55 bits per heavy atom. The summed E-state index contributed by atoms with van der Waals surface area (Å²) in [4.78, 5) is 2.36. The molecular formula is C16H25FN2O. The molecule has 0 radical (unpaired) electrons. The summed E-state index contributed by atoms with van der Waals surface area (Å²) < 4.78 is 14.2. The Hall–Kier alpha value is -1.13. The molecule has 1 aromatic rings. The van der Waals surface area contributed by atoms with Crippen molar-refractivity contribution in [3.63, 3.8) is 0 Å². The molecule has 4 heteroatoms. The fourth-order valence-corrected chi connectivity index (χ4v) is 2.81. The van der Waals surface area contributed by atoms with Crippen LogP contribution in [-0.4, -0.2) is 36.2 Å². The van der Waals surface area contributed by atoms with Gasteiger partial charge in [-0.25, -0.2) is 4.39 Å². The average molecular weight is 280 g/mol. The minimum Gasteiger partial charge on any atom is -0.508 e. The molecular weight excluding hydrogens is 255 g/mol. The van der Waals surface area contributed by atoms with Crippen molar-refractivity contribution >= 4 is 0 Å². The molecule has 1 aliphatic rings. The van der Waals surface area contributed by atoms with E-state index in [2.05, 4.69) is 24.1 Å². The molecule has 1 aliphatic heterocycles. The Morgan fingerprint density at radius 2 is 1.95 bits per heavy atom. The van der Waals surface area contributed by atoms with Gasteiger partial charge in [-0.15, -0.1) is 0 Å². The van der Waals surface area contributed by atoms with Crippen molar-refractivity contribution < 1.29 is 9.50 Å². The molecule has 2 N–H and O–H groups in total. The normalized spacial score (nSPS) is 18.4. The molecule has 1 saturated heterocycles. The lowest BCUT2D eigenvalue weighted by Crippen LogP contribution is -2.45. The second-order valence-electron chi connectivity index (χ2n) is 5.98. The third kappa shape index (κ3) is 3.93. The molecule has 0 aromatic heterocycles.